The van der Waals surface area contributed by atoms with Gasteiger partial charge in [0.2, 0.25) is 5.91 Å². The number of nitrogen functional groups attached to an aromatic ring is 1. The van der Waals surface area contributed by atoms with Crippen LogP contribution >= 0.6 is 0 Å². The van der Waals surface area contributed by atoms with Gasteiger partial charge in [-0.2, -0.15) is 0 Å². The minimum Gasteiger partial charge on any atom is -0.454 e. The largest absolute Gasteiger partial charge is 0.454 e. The predicted octanol–water partition coefficient (Wildman–Crippen LogP) is -0.144. The highest BCUT2D eigenvalue weighted by Crippen LogP contribution is 2.17. The lowest BCUT2D eigenvalue weighted by atomic mass is 10.2. The highest BCUT2D eigenvalue weighted by molar-refractivity contribution is 5.92. The van der Waals surface area contributed by atoms with Crippen molar-refractivity contribution in [3.8, 4) is 0 Å². The third-order valence-electron chi connectivity index (χ3n) is 3.50. The lowest BCUT2D eigenvalue weighted by Crippen LogP contribution is -2.47. The molecule has 0 bridgehead atoms. The molecule has 7 nitrogen and oxygen atoms in total. The molecule has 0 unspecified atom stereocenters. The summed E-state index contributed by atoms with van der Waals surface area (Å²) < 4.78 is 5.53. The zero-order chi connectivity index (χ0) is 14.7. The summed E-state index contributed by atoms with van der Waals surface area (Å²) in [7, 11) is 0. The van der Waals surface area contributed by atoms with E-state index in [1.807, 2.05) is 17.9 Å². The number of carbonyl (C=O) groups is 2. The van der Waals surface area contributed by atoms with E-state index < -0.39 is 5.91 Å². The van der Waals surface area contributed by atoms with E-state index in [1.54, 1.807) is 6.92 Å². The second-order valence-electron chi connectivity index (χ2n) is 4.98. The van der Waals surface area contributed by atoms with Crippen LogP contribution in [0.3, 0.4) is 0 Å². The fourth-order valence-electron chi connectivity index (χ4n) is 2.36. The number of hydrogen-bond acceptors (Lipinski definition) is 5. The third-order valence-corrected chi connectivity index (χ3v) is 3.50. The molecule has 1 aromatic heterocycles. The summed E-state index contributed by atoms with van der Waals surface area (Å²) in [5.74, 6) is 5.78. The number of nitrogens with zero attached hydrogens (tertiary/aromatic N) is 2. The molecule has 20 heavy (non-hydrogen) atoms. The summed E-state index contributed by atoms with van der Waals surface area (Å²) in [4.78, 5) is 26.7. The molecule has 1 aliphatic heterocycles. The second-order valence-corrected chi connectivity index (χ2v) is 4.98. The standard InChI is InChI=1S/C13H20N4O3/c1-9-7-11(20-12(9)13(19)15-14)8-16-3-5-17(6-4-16)10(2)18/h7H,3-6,8,14H2,1-2H3,(H,15,19). The summed E-state index contributed by atoms with van der Waals surface area (Å²) in [5.41, 5.74) is 2.84. The minimum atomic E-state index is -0.421. The highest BCUT2D eigenvalue weighted by atomic mass is 16.4. The average molecular weight is 280 g/mol. The molecule has 0 atom stereocenters. The van der Waals surface area contributed by atoms with Crippen LogP contribution in [-0.2, 0) is 11.3 Å². The number of hydrazine groups is 1. The van der Waals surface area contributed by atoms with E-state index in [4.69, 9.17) is 10.3 Å². The molecular weight excluding hydrogens is 260 g/mol. The van der Waals surface area contributed by atoms with Crippen LogP contribution in [0.5, 0.6) is 0 Å². The first kappa shape index (κ1) is 14.5. The van der Waals surface area contributed by atoms with E-state index in [-0.39, 0.29) is 11.7 Å². The van der Waals surface area contributed by atoms with Crippen molar-refractivity contribution in [2.45, 2.75) is 20.4 Å². The zero-order valence-electron chi connectivity index (χ0n) is 11.8. The van der Waals surface area contributed by atoms with Crippen molar-refractivity contribution >= 4 is 11.8 Å². The molecular formula is C13H20N4O3. The van der Waals surface area contributed by atoms with Crippen molar-refractivity contribution in [1.82, 2.24) is 15.2 Å². The van der Waals surface area contributed by atoms with Gasteiger partial charge in [-0.05, 0) is 13.0 Å². The van der Waals surface area contributed by atoms with Crippen LogP contribution in [0.1, 0.15) is 28.8 Å². The molecule has 0 spiro atoms. The number of piperazine rings is 1. The number of amides is 2. The van der Waals surface area contributed by atoms with Gasteiger partial charge >= 0.3 is 5.91 Å². The summed E-state index contributed by atoms with van der Waals surface area (Å²) in [5, 5.41) is 0. The molecule has 2 heterocycles. The summed E-state index contributed by atoms with van der Waals surface area (Å²) in [6.07, 6.45) is 0. The first-order chi connectivity index (χ1) is 9.51. The van der Waals surface area contributed by atoms with Crippen molar-refractivity contribution in [2.75, 3.05) is 26.2 Å². The molecule has 1 aliphatic rings. The van der Waals surface area contributed by atoms with Crippen LogP contribution in [0.15, 0.2) is 10.5 Å². The van der Waals surface area contributed by atoms with Crippen LogP contribution < -0.4 is 11.3 Å². The number of nitrogens with two attached hydrogens (primary N) is 1. The highest BCUT2D eigenvalue weighted by Gasteiger charge is 2.21. The van der Waals surface area contributed by atoms with E-state index >= 15 is 0 Å². The van der Waals surface area contributed by atoms with E-state index in [1.165, 1.54) is 0 Å². The topological polar surface area (TPSA) is 91.8 Å². The number of rotatable bonds is 3. The number of aryl methyl sites for hydroxylation is 1. The van der Waals surface area contributed by atoms with Crippen molar-refractivity contribution in [1.29, 1.82) is 0 Å². The molecule has 110 valence electrons. The Morgan fingerprint density at radius 3 is 2.55 bits per heavy atom. The maximum Gasteiger partial charge on any atom is 0.301 e. The van der Waals surface area contributed by atoms with Crippen LogP contribution in [0, 0.1) is 6.92 Å². The molecule has 1 aromatic rings. The van der Waals surface area contributed by atoms with E-state index in [2.05, 4.69) is 10.3 Å². The van der Waals surface area contributed by atoms with Crippen molar-refractivity contribution < 1.29 is 14.0 Å². The van der Waals surface area contributed by atoms with E-state index in [0.29, 0.717) is 6.54 Å². The molecule has 0 aromatic carbocycles. The molecule has 1 saturated heterocycles. The summed E-state index contributed by atoms with van der Waals surface area (Å²) in [6.45, 7) is 7.09. The van der Waals surface area contributed by atoms with Gasteiger partial charge in [-0.25, -0.2) is 5.84 Å². The first-order valence-corrected chi connectivity index (χ1v) is 6.59. The number of hydrogen-bond donors (Lipinski definition) is 2. The maximum atomic E-state index is 11.5. The lowest BCUT2D eigenvalue weighted by molar-refractivity contribution is -0.130. The Labute approximate surface area is 117 Å². The molecule has 2 rings (SSSR count). The van der Waals surface area contributed by atoms with Gasteiger partial charge in [0.1, 0.15) is 5.76 Å². The van der Waals surface area contributed by atoms with Gasteiger partial charge in [0.25, 0.3) is 0 Å². The third kappa shape index (κ3) is 3.17. The Hall–Kier alpha value is -1.86. The Kier molecular flexibility index (Phi) is 4.41. The van der Waals surface area contributed by atoms with Crippen molar-refractivity contribution in [2.24, 2.45) is 5.84 Å². The maximum absolute atomic E-state index is 11.5. The van der Waals surface area contributed by atoms with Gasteiger partial charge in [-0.1, -0.05) is 0 Å². The number of carbonyl (C=O) groups excluding carboxylic acids is 2. The van der Waals surface area contributed by atoms with Crippen LogP contribution in [0.25, 0.3) is 0 Å². The zero-order valence-corrected chi connectivity index (χ0v) is 11.8. The molecule has 0 radical (unpaired) electrons. The van der Waals surface area contributed by atoms with Crippen LogP contribution in [0.4, 0.5) is 0 Å². The van der Waals surface area contributed by atoms with E-state index in [9.17, 15) is 9.59 Å². The van der Waals surface area contributed by atoms with Gasteiger partial charge in [0.05, 0.1) is 6.54 Å². The minimum absolute atomic E-state index is 0.111. The van der Waals surface area contributed by atoms with Gasteiger partial charge in [0, 0.05) is 38.7 Å². The van der Waals surface area contributed by atoms with Crippen molar-refractivity contribution in [3.63, 3.8) is 0 Å². The fraction of sp³-hybridized carbons (Fsp3) is 0.538. The average Bonchev–Trinajstić information content (AvgIpc) is 2.79. The van der Waals surface area contributed by atoms with Gasteiger partial charge < -0.3 is 9.32 Å². The fourth-order valence-corrected chi connectivity index (χ4v) is 2.36. The number of nitrogens with one attached hydrogen (secondary N) is 1. The normalized spacial score (nSPS) is 16.2. The quantitative estimate of drug-likeness (QED) is 0.456. The first-order valence-electron chi connectivity index (χ1n) is 6.59. The van der Waals surface area contributed by atoms with Crippen LogP contribution in [-0.4, -0.2) is 47.8 Å². The van der Waals surface area contributed by atoms with Crippen LogP contribution in [0.2, 0.25) is 0 Å². The summed E-state index contributed by atoms with van der Waals surface area (Å²) in [6, 6.07) is 1.85. The molecule has 2 amide bonds. The van der Waals surface area contributed by atoms with Gasteiger partial charge in [-0.3, -0.25) is 19.9 Å². The Morgan fingerprint density at radius 1 is 1.35 bits per heavy atom. The predicted molar refractivity (Wildman–Crippen MR) is 72.6 cm³/mol. The van der Waals surface area contributed by atoms with Crippen molar-refractivity contribution in [3.05, 3.63) is 23.2 Å². The molecule has 1 fully saturated rings. The smallest absolute Gasteiger partial charge is 0.301 e. The number of furan rings is 1. The summed E-state index contributed by atoms with van der Waals surface area (Å²) >= 11 is 0. The van der Waals surface area contributed by atoms with Gasteiger partial charge in [-0.15, -0.1) is 0 Å². The van der Waals surface area contributed by atoms with Gasteiger partial charge in [0.15, 0.2) is 5.76 Å². The Morgan fingerprint density at radius 2 is 2.00 bits per heavy atom. The molecule has 0 saturated carbocycles. The lowest BCUT2D eigenvalue weighted by Gasteiger charge is -2.33. The SMILES string of the molecule is CC(=O)N1CCN(Cc2cc(C)c(C(=O)NN)o2)CC1. The van der Waals surface area contributed by atoms with E-state index in [0.717, 1.165) is 37.5 Å². The molecule has 7 heteroatoms. The second kappa shape index (κ2) is 6.06. The molecule has 0 aliphatic carbocycles. The Bertz CT molecular complexity index is 504. The Balaban J connectivity index is 1.95. The monoisotopic (exact) mass is 280 g/mol. The molecule has 3 N–H and O–H groups in total.